The van der Waals surface area contributed by atoms with Crippen LogP contribution >= 0.6 is 46.4 Å². The van der Waals surface area contributed by atoms with Gasteiger partial charge in [-0.05, 0) is 42.5 Å². The Morgan fingerprint density at radius 3 is 2.07 bits per heavy atom. The fourth-order valence-corrected chi connectivity index (χ4v) is 3.25. The lowest BCUT2D eigenvalue weighted by Gasteiger charge is -2.20. The van der Waals surface area contributed by atoms with Gasteiger partial charge in [0.25, 0.3) is 0 Å². The normalized spacial score (nSPS) is 10.9. The summed E-state index contributed by atoms with van der Waals surface area (Å²) >= 11 is 23.4. The van der Waals surface area contributed by atoms with Gasteiger partial charge in [-0.2, -0.15) is 0 Å². The summed E-state index contributed by atoms with van der Waals surface area (Å²) in [6.07, 6.45) is 0. The monoisotopic (exact) mass is 446 g/mol. The van der Waals surface area contributed by atoms with Crippen LogP contribution in [0.15, 0.2) is 42.5 Å². The molecular weight excluding hydrogens is 430 g/mol. The molecular formula is C19H18Cl4N2O2. The third kappa shape index (κ3) is 6.66. The van der Waals surface area contributed by atoms with Crippen molar-refractivity contribution in [2.45, 2.75) is 0 Å². The summed E-state index contributed by atoms with van der Waals surface area (Å²) < 4.78 is 0. The summed E-state index contributed by atoms with van der Waals surface area (Å²) in [5, 5.41) is 3.71. The second kappa shape index (κ2) is 10.9. The highest BCUT2D eigenvalue weighted by Gasteiger charge is 2.17. The lowest BCUT2D eigenvalue weighted by atomic mass is 10.0. The van der Waals surface area contributed by atoms with Gasteiger partial charge in [-0.15, -0.1) is 23.2 Å². The molecule has 2 aromatic rings. The topological polar surface area (TPSA) is 49.4 Å². The van der Waals surface area contributed by atoms with Gasteiger partial charge in [0.1, 0.15) is 0 Å². The summed E-state index contributed by atoms with van der Waals surface area (Å²) in [4.78, 5) is 27.1. The summed E-state index contributed by atoms with van der Waals surface area (Å²) in [5.41, 5.74) is 1.14. The van der Waals surface area contributed by atoms with Crippen molar-refractivity contribution < 1.29 is 9.59 Å². The molecule has 0 fully saturated rings. The molecule has 1 amide bonds. The number of nitrogens with one attached hydrogen (secondary N) is 1. The number of carbonyl (C=O) groups is 2. The van der Waals surface area contributed by atoms with E-state index in [9.17, 15) is 9.59 Å². The smallest absolute Gasteiger partial charge is 0.238 e. The molecule has 0 bridgehead atoms. The number of nitrogens with zero attached hydrogens (tertiary/aromatic N) is 1. The molecule has 0 saturated heterocycles. The Hall–Kier alpha value is -1.30. The van der Waals surface area contributed by atoms with Crippen LogP contribution in [0.1, 0.15) is 15.9 Å². The second-order valence-corrected chi connectivity index (χ2v) is 7.36. The molecule has 2 rings (SSSR count). The van der Waals surface area contributed by atoms with Gasteiger partial charge in [0.2, 0.25) is 5.91 Å². The summed E-state index contributed by atoms with van der Waals surface area (Å²) in [6, 6.07) is 11.3. The lowest BCUT2D eigenvalue weighted by Crippen LogP contribution is -2.36. The van der Waals surface area contributed by atoms with Crippen molar-refractivity contribution in [2.75, 3.05) is 36.7 Å². The number of anilines is 1. The van der Waals surface area contributed by atoms with Crippen molar-refractivity contribution in [1.29, 1.82) is 0 Å². The maximum absolute atomic E-state index is 12.8. The Bertz CT molecular complexity index is 791. The van der Waals surface area contributed by atoms with Gasteiger partial charge < -0.3 is 5.32 Å². The summed E-state index contributed by atoms with van der Waals surface area (Å²) in [6.45, 7) is 1.20. The van der Waals surface area contributed by atoms with Crippen LogP contribution in [-0.2, 0) is 4.79 Å². The molecule has 8 heteroatoms. The molecule has 27 heavy (non-hydrogen) atoms. The fraction of sp³-hybridized carbons (Fsp3) is 0.263. The highest BCUT2D eigenvalue weighted by atomic mass is 35.5. The van der Waals surface area contributed by atoms with E-state index in [0.29, 0.717) is 51.7 Å². The van der Waals surface area contributed by atoms with Crippen LogP contribution in [0.25, 0.3) is 0 Å². The van der Waals surface area contributed by atoms with Crippen molar-refractivity contribution in [3.05, 3.63) is 63.6 Å². The van der Waals surface area contributed by atoms with Gasteiger partial charge >= 0.3 is 0 Å². The Balaban J connectivity index is 2.21. The van der Waals surface area contributed by atoms with E-state index in [1.165, 1.54) is 6.07 Å². The Kier molecular flexibility index (Phi) is 8.87. The molecule has 4 nitrogen and oxygen atoms in total. The number of alkyl halides is 2. The summed E-state index contributed by atoms with van der Waals surface area (Å²) in [7, 11) is 0. The van der Waals surface area contributed by atoms with Crippen molar-refractivity contribution in [3.8, 4) is 0 Å². The summed E-state index contributed by atoms with van der Waals surface area (Å²) in [5.74, 6) is 0.261. The van der Waals surface area contributed by atoms with Crippen LogP contribution in [0.2, 0.25) is 10.0 Å². The molecule has 0 aromatic heterocycles. The van der Waals surface area contributed by atoms with E-state index in [1.807, 2.05) is 4.90 Å². The van der Waals surface area contributed by atoms with E-state index in [1.54, 1.807) is 36.4 Å². The maximum Gasteiger partial charge on any atom is 0.238 e. The van der Waals surface area contributed by atoms with E-state index >= 15 is 0 Å². The molecule has 2 aromatic carbocycles. The molecule has 0 aliphatic carbocycles. The van der Waals surface area contributed by atoms with Crippen LogP contribution in [0.4, 0.5) is 5.69 Å². The SMILES string of the molecule is O=C(CN(CCCl)CCCl)Nc1ccc(Cl)cc1C(=O)c1ccc(Cl)cc1. The average Bonchev–Trinajstić information content (AvgIpc) is 2.63. The number of rotatable bonds is 9. The Labute approximate surface area is 178 Å². The minimum atomic E-state index is -0.266. The standard InChI is InChI=1S/C19H18Cl4N2O2/c20-7-9-25(10-8-21)12-18(26)24-17-6-5-15(23)11-16(17)19(27)13-1-3-14(22)4-2-13/h1-6,11H,7-10,12H2,(H,24,26). The maximum atomic E-state index is 12.8. The number of carbonyl (C=O) groups excluding carboxylic acids is 2. The molecule has 0 atom stereocenters. The highest BCUT2D eigenvalue weighted by molar-refractivity contribution is 6.32. The molecule has 0 radical (unpaired) electrons. The van der Waals surface area contributed by atoms with Crippen molar-refractivity contribution in [1.82, 2.24) is 4.90 Å². The van der Waals surface area contributed by atoms with Crippen molar-refractivity contribution in [2.24, 2.45) is 0 Å². The number of amides is 1. The van der Waals surface area contributed by atoms with E-state index < -0.39 is 0 Å². The first-order valence-electron chi connectivity index (χ1n) is 8.18. The number of hydrogen-bond donors (Lipinski definition) is 1. The minimum absolute atomic E-state index is 0.122. The Morgan fingerprint density at radius 2 is 1.48 bits per heavy atom. The zero-order valence-corrected chi connectivity index (χ0v) is 17.4. The van der Waals surface area contributed by atoms with Crippen LogP contribution in [0.5, 0.6) is 0 Å². The van der Waals surface area contributed by atoms with Gasteiger partial charge in [0.15, 0.2) is 5.78 Å². The zero-order chi connectivity index (χ0) is 19.8. The zero-order valence-electron chi connectivity index (χ0n) is 14.4. The first-order chi connectivity index (χ1) is 12.9. The van der Waals surface area contributed by atoms with Crippen molar-refractivity contribution >= 4 is 63.8 Å². The third-order valence-corrected chi connectivity index (χ3v) is 4.60. The van der Waals surface area contributed by atoms with Gasteiger partial charge in [0.05, 0.1) is 12.2 Å². The first kappa shape index (κ1) is 22.0. The number of benzene rings is 2. The molecule has 0 spiro atoms. The predicted octanol–water partition coefficient (Wildman–Crippen LogP) is 4.94. The van der Waals surface area contributed by atoms with Crippen molar-refractivity contribution in [3.63, 3.8) is 0 Å². The minimum Gasteiger partial charge on any atom is -0.324 e. The molecule has 0 unspecified atom stereocenters. The molecule has 0 saturated carbocycles. The Morgan fingerprint density at radius 1 is 0.889 bits per heavy atom. The van der Waals surface area contributed by atoms with Crippen LogP contribution in [0, 0.1) is 0 Å². The molecule has 0 aliphatic rings. The largest absolute Gasteiger partial charge is 0.324 e. The van der Waals surface area contributed by atoms with E-state index in [4.69, 9.17) is 46.4 Å². The average molecular weight is 448 g/mol. The molecule has 0 aliphatic heterocycles. The quantitative estimate of drug-likeness (QED) is 0.437. The van der Waals surface area contributed by atoms with E-state index in [0.717, 1.165) is 0 Å². The number of hydrogen-bond acceptors (Lipinski definition) is 3. The van der Waals surface area contributed by atoms with Gasteiger partial charge in [0, 0.05) is 46.0 Å². The van der Waals surface area contributed by atoms with Gasteiger partial charge in [-0.25, -0.2) is 0 Å². The fourth-order valence-electron chi connectivity index (χ4n) is 2.47. The van der Waals surface area contributed by atoms with Crippen LogP contribution in [0.3, 0.4) is 0 Å². The molecule has 144 valence electrons. The number of ketones is 1. The van der Waals surface area contributed by atoms with Crippen LogP contribution in [-0.4, -0.2) is 48.0 Å². The van der Waals surface area contributed by atoms with Crippen LogP contribution < -0.4 is 5.32 Å². The third-order valence-electron chi connectivity index (χ3n) is 3.78. The predicted molar refractivity (Wildman–Crippen MR) is 113 cm³/mol. The first-order valence-corrected chi connectivity index (χ1v) is 10.0. The number of halogens is 4. The van der Waals surface area contributed by atoms with Gasteiger partial charge in [-0.1, -0.05) is 23.2 Å². The highest BCUT2D eigenvalue weighted by Crippen LogP contribution is 2.24. The second-order valence-electron chi connectivity index (χ2n) is 5.73. The molecule has 1 N–H and O–H groups in total. The molecule has 0 heterocycles. The lowest BCUT2D eigenvalue weighted by molar-refractivity contribution is -0.117. The van der Waals surface area contributed by atoms with E-state index in [2.05, 4.69) is 5.32 Å². The van der Waals surface area contributed by atoms with Gasteiger partial charge in [-0.3, -0.25) is 14.5 Å². The van der Waals surface area contributed by atoms with E-state index in [-0.39, 0.29) is 18.2 Å².